The van der Waals surface area contributed by atoms with E-state index in [1.165, 1.54) is 12.1 Å². The molecule has 1 aromatic carbocycles. The third-order valence-corrected chi connectivity index (χ3v) is 5.23. The monoisotopic (exact) mass is 357 g/mol. The number of carbonyl (C=O) groups excluding carboxylic acids is 1. The minimum Gasteiger partial charge on any atom is -0.367 e. The molecule has 26 heavy (non-hydrogen) atoms. The molecule has 3 aliphatic heterocycles. The highest BCUT2D eigenvalue weighted by molar-refractivity contribution is 5.79. The molecule has 6 nitrogen and oxygen atoms in total. The molecular weight excluding hydrogens is 333 g/mol. The molecule has 3 heterocycles. The van der Waals surface area contributed by atoms with Crippen molar-refractivity contribution in [3.63, 3.8) is 0 Å². The van der Waals surface area contributed by atoms with E-state index in [4.69, 9.17) is 5.73 Å². The van der Waals surface area contributed by atoms with E-state index in [-0.39, 0.29) is 24.1 Å². The lowest BCUT2D eigenvalue weighted by Crippen LogP contribution is -2.58. The second-order valence-corrected chi connectivity index (χ2v) is 7.14. The smallest absolute Gasteiger partial charge is 0.327 e. The molecule has 0 aromatic heterocycles. The van der Waals surface area contributed by atoms with Crippen LogP contribution < -0.4 is 11.1 Å². The first kappa shape index (κ1) is 16.9. The van der Waals surface area contributed by atoms with Crippen LogP contribution in [0.15, 0.2) is 47.9 Å². The molecule has 3 N–H and O–H groups in total. The third-order valence-electron chi connectivity index (χ3n) is 5.23. The Morgan fingerprint density at radius 1 is 1.38 bits per heavy atom. The normalized spacial score (nSPS) is 25.7. The Balaban J connectivity index is 1.74. The molecule has 0 aliphatic carbocycles. The highest BCUT2D eigenvalue weighted by atomic mass is 19.1. The van der Waals surface area contributed by atoms with Crippen LogP contribution >= 0.6 is 0 Å². The summed E-state index contributed by atoms with van der Waals surface area (Å²) in [5, 5.41) is 3.23. The van der Waals surface area contributed by atoms with E-state index in [1.807, 2.05) is 18.3 Å². The molecule has 2 unspecified atom stereocenters. The fourth-order valence-corrected chi connectivity index (χ4v) is 3.99. The number of hydrogen-bond donors (Lipinski definition) is 2. The summed E-state index contributed by atoms with van der Waals surface area (Å²) in [5.74, 6) is 0.591. The van der Waals surface area contributed by atoms with Crippen LogP contribution in [0.2, 0.25) is 0 Å². The van der Waals surface area contributed by atoms with Crippen molar-refractivity contribution in [3.05, 3.63) is 59.3 Å². The average molecular weight is 357 g/mol. The average Bonchev–Trinajstić information content (AvgIpc) is 3.09. The summed E-state index contributed by atoms with van der Waals surface area (Å²) in [7, 11) is 1.78. The van der Waals surface area contributed by atoms with Gasteiger partial charge in [0.1, 0.15) is 17.8 Å². The van der Waals surface area contributed by atoms with Crippen LogP contribution in [0, 0.1) is 5.82 Å². The second kappa shape index (κ2) is 6.64. The number of piperidine rings is 1. The minimum atomic E-state index is -0.296. The number of likely N-dealkylation sites (N-methyl/N-ethyl adjacent to an activating group) is 1. The van der Waals surface area contributed by atoms with Gasteiger partial charge in [0.15, 0.2) is 0 Å². The minimum absolute atomic E-state index is 0.0967. The van der Waals surface area contributed by atoms with Gasteiger partial charge in [-0.1, -0.05) is 12.1 Å². The SMILES string of the molecule is CN1C(=O)N(Cc2cccc(F)c2)C(N2CCCC(N)C2)=C2C=CNC21. The number of rotatable bonds is 3. The summed E-state index contributed by atoms with van der Waals surface area (Å²) in [6.45, 7) is 1.91. The van der Waals surface area contributed by atoms with Gasteiger partial charge in [-0.25, -0.2) is 9.18 Å². The number of nitrogens with one attached hydrogen (secondary N) is 1. The topological polar surface area (TPSA) is 64.8 Å². The van der Waals surface area contributed by atoms with E-state index in [9.17, 15) is 9.18 Å². The number of hydrogen-bond acceptors (Lipinski definition) is 4. The predicted molar refractivity (Wildman–Crippen MR) is 97.0 cm³/mol. The van der Waals surface area contributed by atoms with Gasteiger partial charge in [0.2, 0.25) is 0 Å². The van der Waals surface area contributed by atoms with Crippen molar-refractivity contribution in [1.82, 2.24) is 20.0 Å². The van der Waals surface area contributed by atoms with E-state index in [0.29, 0.717) is 6.54 Å². The summed E-state index contributed by atoms with van der Waals surface area (Å²) >= 11 is 0. The first-order valence-corrected chi connectivity index (χ1v) is 9.00. The van der Waals surface area contributed by atoms with Gasteiger partial charge >= 0.3 is 6.03 Å². The maximum absolute atomic E-state index is 13.6. The van der Waals surface area contributed by atoms with Gasteiger partial charge in [0.25, 0.3) is 0 Å². The van der Waals surface area contributed by atoms with Gasteiger partial charge in [0.05, 0.1) is 6.54 Å². The number of amides is 2. The summed E-state index contributed by atoms with van der Waals surface area (Å²) in [6.07, 6.45) is 5.71. The maximum Gasteiger partial charge on any atom is 0.327 e. The molecule has 1 fully saturated rings. The first-order valence-electron chi connectivity index (χ1n) is 9.00. The molecule has 0 spiro atoms. The molecule has 7 heteroatoms. The zero-order valence-corrected chi connectivity index (χ0v) is 14.9. The fourth-order valence-electron chi connectivity index (χ4n) is 3.99. The fraction of sp³-hybridized carbons (Fsp3) is 0.421. The Morgan fingerprint density at radius 3 is 3.00 bits per heavy atom. The van der Waals surface area contributed by atoms with Crippen LogP contribution in [-0.4, -0.2) is 53.1 Å². The zero-order valence-electron chi connectivity index (χ0n) is 14.9. The van der Waals surface area contributed by atoms with E-state index in [2.05, 4.69) is 10.2 Å². The van der Waals surface area contributed by atoms with Crippen molar-refractivity contribution in [2.45, 2.75) is 31.6 Å². The Labute approximate surface area is 152 Å². The predicted octanol–water partition coefficient (Wildman–Crippen LogP) is 1.77. The molecule has 1 saturated heterocycles. The van der Waals surface area contributed by atoms with Crippen molar-refractivity contribution in [2.75, 3.05) is 20.1 Å². The van der Waals surface area contributed by atoms with Crippen molar-refractivity contribution >= 4 is 6.03 Å². The van der Waals surface area contributed by atoms with Gasteiger partial charge < -0.3 is 20.9 Å². The number of halogens is 1. The molecule has 0 saturated carbocycles. The highest BCUT2D eigenvalue weighted by Crippen LogP contribution is 2.32. The van der Waals surface area contributed by atoms with Gasteiger partial charge in [-0.3, -0.25) is 4.90 Å². The molecule has 0 bridgehead atoms. The summed E-state index contributed by atoms with van der Waals surface area (Å²) < 4.78 is 13.6. The van der Waals surface area contributed by atoms with Crippen LogP contribution in [0.5, 0.6) is 0 Å². The van der Waals surface area contributed by atoms with Crippen LogP contribution in [0.1, 0.15) is 18.4 Å². The van der Waals surface area contributed by atoms with Crippen molar-refractivity contribution < 1.29 is 9.18 Å². The molecule has 1 aromatic rings. The third kappa shape index (κ3) is 2.92. The van der Waals surface area contributed by atoms with E-state index in [1.54, 1.807) is 22.9 Å². The number of likely N-dealkylation sites (tertiary alicyclic amines) is 1. The van der Waals surface area contributed by atoms with Crippen LogP contribution in [-0.2, 0) is 6.54 Å². The van der Waals surface area contributed by atoms with Crippen LogP contribution in [0.4, 0.5) is 9.18 Å². The zero-order chi connectivity index (χ0) is 18.3. The van der Waals surface area contributed by atoms with Crippen molar-refractivity contribution in [1.29, 1.82) is 0 Å². The van der Waals surface area contributed by atoms with E-state index >= 15 is 0 Å². The molecule has 2 amide bonds. The molecule has 2 atom stereocenters. The Hall–Kier alpha value is -2.54. The quantitative estimate of drug-likeness (QED) is 0.865. The number of nitrogens with zero attached hydrogens (tertiary/aromatic N) is 3. The second-order valence-electron chi connectivity index (χ2n) is 7.14. The maximum atomic E-state index is 13.6. The molecule has 138 valence electrons. The van der Waals surface area contributed by atoms with Gasteiger partial charge in [-0.15, -0.1) is 0 Å². The Morgan fingerprint density at radius 2 is 2.23 bits per heavy atom. The molecule has 3 aliphatic rings. The van der Waals surface area contributed by atoms with Crippen LogP contribution in [0.3, 0.4) is 0 Å². The number of carbonyl (C=O) groups is 1. The molecule has 0 radical (unpaired) electrons. The van der Waals surface area contributed by atoms with Crippen molar-refractivity contribution in [3.8, 4) is 0 Å². The number of benzene rings is 1. The number of fused-ring (bicyclic) bond motifs is 1. The van der Waals surface area contributed by atoms with Crippen molar-refractivity contribution in [2.24, 2.45) is 5.73 Å². The Kier molecular flexibility index (Phi) is 4.32. The molecular formula is C19H24FN5O. The van der Waals surface area contributed by atoms with Gasteiger partial charge in [-0.2, -0.15) is 0 Å². The standard InChI is InChI=1S/C19H24FN5O/c1-23-17-16(7-8-22-17)18(24-9-3-6-15(21)12-24)25(19(23)26)11-13-4-2-5-14(20)10-13/h2,4-5,7-8,10,15,17,22H,3,6,9,11-12,21H2,1H3. The lowest BCUT2D eigenvalue weighted by Gasteiger charge is -2.45. The van der Waals surface area contributed by atoms with Gasteiger partial charge in [0, 0.05) is 31.8 Å². The first-order chi connectivity index (χ1) is 12.5. The highest BCUT2D eigenvalue weighted by Gasteiger charge is 2.40. The summed E-state index contributed by atoms with van der Waals surface area (Å²) in [5.41, 5.74) is 8.00. The summed E-state index contributed by atoms with van der Waals surface area (Å²) in [4.78, 5) is 18.7. The largest absolute Gasteiger partial charge is 0.367 e. The van der Waals surface area contributed by atoms with E-state index < -0.39 is 0 Å². The number of urea groups is 1. The van der Waals surface area contributed by atoms with E-state index in [0.717, 1.165) is 42.9 Å². The van der Waals surface area contributed by atoms with Crippen LogP contribution in [0.25, 0.3) is 0 Å². The summed E-state index contributed by atoms with van der Waals surface area (Å²) in [6, 6.07) is 6.40. The lowest BCUT2D eigenvalue weighted by atomic mass is 10.0. The molecule has 4 rings (SSSR count). The lowest BCUT2D eigenvalue weighted by molar-refractivity contribution is 0.113. The number of nitrogens with two attached hydrogens (primary N) is 1. The Bertz CT molecular complexity index is 777. The van der Waals surface area contributed by atoms with Gasteiger partial charge in [-0.05, 0) is 42.8 Å².